The van der Waals surface area contributed by atoms with Crippen molar-refractivity contribution in [3.8, 4) is 0 Å². The lowest BCUT2D eigenvalue weighted by Gasteiger charge is -2.30. The quantitative estimate of drug-likeness (QED) is 0.710. The van der Waals surface area contributed by atoms with Gasteiger partial charge in [-0.15, -0.1) is 0 Å². The van der Waals surface area contributed by atoms with Crippen LogP contribution in [0.4, 0.5) is 0 Å². The lowest BCUT2D eigenvalue weighted by molar-refractivity contribution is -0.126. The van der Waals surface area contributed by atoms with Crippen molar-refractivity contribution in [3.05, 3.63) is 0 Å². The van der Waals surface area contributed by atoms with Crippen molar-refractivity contribution in [2.45, 2.75) is 26.2 Å². The standard InChI is InChI=1S/C12H23N3O2/c1-3-6-14-11(16)9-15-7-4-10(5-8-15)12(17)13-2/h10H,3-9H2,1-2H3,(H,13,17)(H,14,16). The van der Waals surface area contributed by atoms with E-state index < -0.39 is 0 Å². The molecule has 0 saturated carbocycles. The number of nitrogens with zero attached hydrogens (tertiary/aromatic N) is 1. The van der Waals surface area contributed by atoms with Gasteiger partial charge in [0.15, 0.2) is 0 Å². The second-order valence-electron chi connectivity index (χ2n) is 4.51. The molecule has 0 bridgehead atoms. The predicted molar refractivity (Wildman–Crippen MR) is 66.5 cm³/mol. The van der Waals surface area contributed by atoms with E-state index in [-0.39, 0.29) is 17.7 Å². The zero-order valence-electron chi connectivity index (χ0n) is 10.8. The van der Waals surface area contributed by atoms with E-state index >= 15 is 0 Å². The number of hydrogen-bond donors (Lipinski definition) is 2. The Morgan fingerprint density at radius 3 is 2.47 bits per heavy atom. The van der Waals surface area contributed by atoms with E-state index in [1.54, 1.807) is 7.05 Å². The molecule has 1 aliphatic heterocycles. The van der Waals surface area contributed by atoms with E-state index in [1.807, 2.05) is 6.92 Å². The lowest BCUT2D eigenvalue weighted by atomic mass is 9.96. The number of likely N-dealkylation sites (tertiary alicyclic amines) is 1. The van der Waals surface area contributed by atoms with Crippen molar-refractivity contribution >= 4 is 11.8 Å². The van der Waals surface area contributed by atoms with Gasteiger partial charge < -0.3 is 10.6 Å². The largest absolute Gasteiger partial charge is 0.359 e. The monoisotopic (exact) mass is 241 g/mol. The SMILES string of the molecule is CCCNC(=O)CN1CCC(C(=O)NC)CC1. The highest BCUT2D eigenvalue weighted by molar-refractivity contribution is 5.79. The zero-order valence-corrected chi connectivity index (χ0v) is 10.8. The summed E-state index contributed by atoms with van der Waals surface area (Å²) in [5.74, 6) is 0.334. The van der Waals surface area contributed by atoms with Gasteiger partial charge in [0.1, 0.15) is 0 Å². The second-order valence-corrected chi connectivity index (χ2v) is 4.51. The molecule has 2 N–H and O–H groups in total. The van der Waals surface area contributed by atoms with Gasteiger partial charge in [0.25, 0.3) is 0 Å². The Hall–Kier alpha value is -1.10. The molecule has 98 valence electrons. The molecule has 5 heteroatoms. The maximum absolute atomic E-state index is 11.5. The first kappa shape index (κ1) is 14.0. The van der Waals surface area contributed by atoms with Crippen LogP contribution in [0, 0.1) is 5.92 Å². The van der Waals surface area contributed by atoms with Crippen LogP contribution >= 0.6 is 0 Å². The number of piperidine rings is 1. The first-order chi connectivity index (χ1) is 8.17. The van der Waals surface area contributed by atoms with Crippen molar-refractivity contribution in [3.63, 3.8) is 0 Å². The fourth-order valence-corrected chi connectivity index (χ4v) is 2.08. The third kappa shape index (κ3) is 4.73. The van der Waals surface area contributed by atoms with Gasteiger partial charge in [0.05, 0.1) is 6.54 Å². The van der Waals surface area contributed by atoms with Crippen LogP contribution in [0.2, 0.25) is 0 Å². The fourth-order valence-electron chi connectivity index (χ4n) is 2.08. The Morgan fingerprint density at radius 2 is 1.94 bits per heavy atom. The molecule has 17 heavy (non-hydrogen) atoms. The van der Waals surface area contributed by atoms with Crippen molar-refractivity contribution in [1.29, 1.82) is 0 Å². The third-order valence-electron chi connectivity index (χ3n) is 3.14. The molecular formula is C12H23N3O2. The minimum Gasteiger partial charge on any atom is -0.359 e. The van der Waals surface area contributed by atoms with Gasteiger partial charge >= 0.3 is 0 Å². The van der Waals surface area contributed by atoms with Gasteiger partial charge in [-0.2, -0.15) is 0 Å². The molecule has 0 spiro atoms. The number of nitrogens with one attached hydrogen (secondary N) is 2. The first-order valence-corrected chi connectivity index (χ1v) is 6.38. The minimum absolute atomic E-state index is 0.0882. The number of carbonyl (C=O) groups excluding carboxylic acids is 2. The highest BCUT2D eigenvalue weighted by Crippen LogP contribution is 2.16. The summed E-state index contributed by atoms with van der Waals surface area (Å²) in [6, 6.07) is 0. The summed E-state index contributed by atoms with van der Waals surface area (Å²) >= 11 is 0. The molecule has 0 aromatic heterocycles. The van der Waals surface area contributed by atoms with Crippen LogP contribution in [0.5, 0.6) is 0 Å². The molecule has 0 aliphatic carbocycles. The smallest absolute Gasteiger partial charge is 0.234 e. The molecule has 1 heterocycles. The van der Waals surface area contributed by atoms with Gasteiger partial charge in [-0.05, 0) is 32.4 Å². The number of hydrogen-bond acceptors (Lipinski definition) is 3. The zero-order chi connectivity index (χ0) is 12.7. The van der Waals surface area contributed by atoms with Crippen LogP contribution in [-0.2, 0) is 9.59 Å². The molecule has 0 unspecified atom stereocenters. The van der Waals surface area contributed by atoms with Crippen LogP contribution in [-0.4, -0.2) is 49.9 Å². The Bertz CT molecular complexity index is 260. The average molecular weight is 241 g/mol. The predicted octanol–water partition coefficient (Wildman–Crippen LogP) is -0.0294. The summed E-state index contributed by atoms with van der Waals surface area (Å²) in [5, 5.41) is 5.55. The summed E-state index contributed by atoms with van der Waals surface area (Å²) in [6.45, 7) is 4.90. The third-order valence-corrected chi connectivity index (χ3v) is 3.14. The molecule has 1 aliphatic rings. The summed E-state index contributed by atoms with van der Waals surface area (Å²) in [7, 11) is 1.67. The highest BCUT2D eigenvalue weighted by atomic mass is 16.2. The molecule has 1 saturated heterocycles. The molecule has 0 atom stereocenters. The Labute approximate surface area is 103 Å². The van der Waals surface area contributed by atoms with Crippen LogP contribution in [0.15, 0.2) is 0 Å². The van der Waals surface area contributed by atoms with E-state index in [1.165, 1.54) is 0 Å². The summed E-state index contributed by atoms with van der Waals surface area (Å²) in [6.07, 6.45) is 2.66. The van der Waals surface area contributed by atoms with E-state index in [9.17, 15) is 9.59 Å². The van der Waals surface area contributed by atoms with Crippen LogP contribution in [0.25, 0.3) is 0 Å². The maximum Gasteiger partial charge on any atom is 0.234 e. The van der Waals surface area contributed by atoms with Gasteiger partial charge in [-0.25, -0.2) is 0 Å². The van der Waals surface area contributed by atoms with Crippen molar-refractivity contribution in [1.82, 2.24) is 15.5 Å². The molecule has 0 aromatic rings. The molecule has 2 amide bonds. The molecule has 5 nitrogen and oxygen atoms in total. The highest BCUT2D eigenvalue weighted by Gasteiger charge is 2.24. The van der Waals surface area contributed by atoms with Gasteiger partial charge in [0.2, 0.25) is 11.8 Å². The van der Waals surface area contributed by atoms with E-state index in [4.69, 9.17) is 0 Å². The molecule has 1 rings (SSSR count). The van der Waals surface area contributed by atoms with E-state index in [0.29, 0.717) is 6.54 Å². The number of rotatable bonds is 5. The van der Waals surface area contributed by atoms with Crippen LogP contribution in [0.3, 0.4) is 0 Å². The molecule has 0 radical (unpaired) electrons. The Balaban J connectivity index is 2.23. The molecular weight excluding hydrogens is 218 g/mol. The number of carbonyl (C=O) groups is 2. The molecule has 0 aromatic carbocycles. The fraction of sp³-hybridized carbons (Fsp3) is 0.833. The van der Waals surface area contributed by atoms with Crippen LogP contribution < -0.4 is 10.6 Å². The van der Waals surface area contributed by atoms with Crippen molar-refractivity contribution < 1.29 is 9.59 Å². The summed E-state index contributed by atoms with van der Waals surface area (Å²) < 4.78 is 0. The Morgan fingerprint density at radius 1 is 1.29 bits per heavy atom. The average Bonchev–Trinajstić information content (AvgIpc) is 2.36. The van der Waals surface area contributed by atoms with Gasteiger partial charge in [-0.1, -0.05) is 6.92 Å². The van der Waals surface area contributed by atoms with Gasteiger partial charge in [0, 0.05) is 19.5 Å². The topological polar surface area (TPSA) is 61.4 Å². The second kappa shape index (κ2) is 7.27. The summed E-state index contributed by atoms with van der Waals surface area (Å²) in [5.41, 5.74) is 0. The van der Waals surface area contributed by atoms with E-state index in [0.717, 1.165) is 38.9 Å². The van der Waals surface area contributed by atoms with E-state index in [2.05, 4.69) is 15.5 Å². The van der Waals surface area contributed by atoms with Crippen molar-refractivity contribution in [2.24, 2.45) is 5.92 Å². The number of amides is 2. The molecule has 1 fully saturated rings. The maximum atomic E-state index is 11.5. The first-order valence-electron chi connectivity index (χ1n) is 6.38. The normalized spacial score (nSPS) is 17.8. The Kier molecular flexibility index (Phi) is 5.97. The summed E-state index contributed by atoms with van der Waals surface area (Å²) in [4.78, 5) is 25.1. The van der Waals surface area contributed by atoms with Crippen LogP contribution in [0.1, 0.15) is 26.2 Å². The van der Waals surface area contributed by atoms with Gasteiger partial charge in [-0.3, -0.25) is 14.5 Å². The minimum atomic E-state index is 0.0882. The lowest BCUT2D eigenvalue weighted by Crippen LogP contribution is -2.44. The van der Waals surface area contributed by atoms with Crippen molar-refractivity contribution in [2.75, 3.05) is 33.2 Å².